The van der Waals surface area contributed by atoms with Gasteiger partial charge in [-0.25, -0.2) is 4.89 Å². The van der Waals surface area contributed by atoms with E-state index in [0.717, 1.165) is 0 Å². The third kappa shape index (κ3) is 40.8. The molecule has 0 rings (SSSR count). The van der Waals surface area contributed by atoms with E-state index in [1.165, 1.54) is 0 Å². The molecule has 1 unspecified atom stereocenters. The first-order valence-electron chi connectivity index (χ1n) is 3.95. The SMILES string of the molecule is C[S+](C)(C)=O.O=P([O-])(O)CNCCOO. The van der Waals surface area contributed by atoms with Gasteiger partial charge in [0.1, 0.15) is 26.4 Å². The van der Waals surface area contributed by atoms with Gasteiger partial charge in [-0.1, -0.05) is 0 Å². The van der Waals surface area contributed by atoms with Crippen LogP contribution in [0.3, 0.4) is 0 Å². The van der Waals surface area contributed by atoms with Crippen LogP contribution in [-0.4, -0.2) is 48.4 Å². The molecular weight excluding hydrogens is 245 g/mol. The highest BCUT2D eigenvalue weighted by molar-refractivity contribution is 8.00. The van der Waals surface area contributed by atoms with Crippen molar-refractivity contribution in [2.24, 2.45) is 0 Å². The van der Waals surface area contributed by atoms with E-state index in [2.05, 4.69) is 10.2 Å². The molecule has 0 aliphatic carbocycles. The second-order valence-corrected chi connectivity index (χ2v) is 8.39. The van der Waals surface area contributed by atoms with E-state index in [4.69, 9.17) is 10.2 Å². The van der Waals surface area contributed by atoms with E-state index < -0.39 is 23.8 Å². The molecule has 0 amide bonds. The third-order valence-corrected chi connectivity index (χ3v) is 1.30. The fourth-order valence-corrected chi connectivity index (χ4v) is 0.779. The monoisotopic (exact) mass is 263 g/mol. The molecule has 9 heteroatoms. The highest BCUT2D eigenvalue weighted by Gasteiger charge is 1.98. The minimum atomic E-state index is -4.20. The van der Waals surface area contributed by atoms with Gasteiger partial charge in [0.2, 0.25) is 0 Å². The molecule has 3 N–H and O–H groups in total. The van der Waals surface area contributed by atoms with Crippen LogP contribution in [0.4, 0.5) is 0 Å². The zero-order valence-corrected chi connectivity index (χ0v) is 10.7. The van der Waals surface area contributed by atoms with E-state index in [-0.39, 0.29) is 13.2 Å². The van der Waals surface area contributed by atoms with Gasteiger partial charge < -0.3 is 19.7 Å². The highest BCUT2D eigenvalue weighted by atomic mass is 32.2. The van der Waals surface area contributed by atoms with Gasteiger partial charge in [0.25, 0.3) is 0 Å². The van der Waals surface area contributed by atoms with Crippen LogP contribution in [-0.2, 0) is 23.6 Å². The Morgan fingerprint density at radius 1 is 1.47 bits per heavy atom. The van der Waals surface area contributed by atoms with Crippen LogP contribution in [0.15, 0.2) is 0 Å². The molecule has 0 saturated heterocycles. The molecule has 0 aromatic rings. The lowest BCUT2D eigenvalue weighted by Gasteiger charge is -2.15. The van der Waals surface area contributed by atoms with Crippen molar-refractivity contribution >= 4 is 17.5 Å². The molecule has 0 aromatic carbocycles. The zero-order chi connectivity index (χ0) is 12.5. The lowest BCUT2D eigenvalue weighted by Crippen LogP contribution is -2.23. The molecule has 0 heterocycles. The van der Waals surface area contributed by atoms with E-state index >= 15 is 0 Å². The summed E-state index contributed by atoms with van der Waals surface area (Å²) in [4.78, 5) is 21.8. The van der Waals surface area contributed by atoms with Gasteiger partial charge in [0.15, 0.2) is 0 Å². The first-order chi connectivity index (χ1) is 6.56. The van der Waals surface area contributed by atoms with E-state index in [0.29, 0.717) is 0 Å². The predicted molar refractivity (Wildman–Crippen MR) is 57.1 cm³/mol. The molecule has 7 nitrogen and oxygen atoms in total. The Kier molecular flexibility index (Phi) is 9.78. The molecule has 0 spiro atoms. The predicted octanol–water partition coefficient (Wildman–Crippen LogP) is -1.06. The lowest BCUT2D eigenvalue weighted by molar-refractivity contribution is -0.240. The molecule has 0 aromatic heterocycles. The molecule has 0 saturated carbocycles. The van der Waals surface area contributed by atoms with Gasteiger partial charge in [0.05, 0.1) is 22.8 Å². The Labute approximate surface area is 90.4 Å². The van der Waals surface area contributed by atoms with Gasteiger partial charge in [-0.2, -0.15) is 0 Å². The number of rotatable bonds is 5. The molecule has 94 valence electrons. The molecule has 0 bridgehead atoms. The molecule has 0 radical (unpaired) electrons. The van der Waals surface area contributed by atoms with Crippen LogP contribution >= 0.6 is 7.60 Å². The summed E-state index contributed by atoms with van der Waals surface area (Å²) in [5.74, 6) is 0. The van der Waals surface area contributed by atoms with Crippen molar-refractivity contribution in [1.29, 1.82) is 0 Å². The summed E-state index contributed by atoms with van der Waals surface area (Å²) < 4.78 is 20.2. The summed E-state index contributed by atoms with van der Waals surface area (Å²) in [7, 11) is -5.62. The minimum absolute atomic E-state index is 0.0139. The Morgan fingerprint density at radius 3 is 2.13 bits per heavy atom. The largest absolute Gasteiger partial charge is 0.778 e. The normalized spacial score (nSPS) is 15.1. The topological polar surface area (TPSA) is 119 Å². The van der Waals surface area contributed by atoms with Gasteiger partial charge in [-0.15, -0.1) is 4.21 Å². The molecular formula is C6H18NO6PS. The van der Waals surface area contributed by atoms with Crippen LogP contribution in [0.25, 0.3) is 0 Å². The Morgan fingerprint density at radius 2 is 1.87 bits per heavy atom. The van der Waals surface area contributed by atoms with Gasteiger partial charge in [-0.3, -0.25) is 5.26 Å². The second-order valence-electron chi connectivity index (χ2n) is 3.35. The molecule has 0 fully saturated rings. The smallest absolute Gasteiger partial charge is 0.146 e. The van der Waals surface area contributed by atoms with Crippen molar-refractivity contribution in [3.63, 3.8) is 0 Å². The first kappa shape index (κ1) is 17.6. The van der Waals surface area contributed by atoms with Gasteiger partial charge >= 0.3 is 0 Å². The molecule has 1 atom stereocenters. The maximum absolute atomic E-state index is 10.2. The van der Waals surface area contributed by atoms with Crippen LogP contribution < -0.4 is 10.2 Å². The summed E-state index contributed by atoms with van der Waals surface area (Å²) in [6.45, 7) is 0.156. The molecule has 0 aliphatic rings. The summed E-state index contributed by atoms with van der Waals surface area (Å²) in [6.07, 6.45) is 4.64. The van der Waals surface area contributed by atoms with Crippen LogP contribution in [0.2, 0.25) is 0 Å². The standard InChI is InChI=1S/C3H10NO5P.C3H9OS/c5-9-2-1-4-3-10(6,7)8;1-5(2,3)4/h4-5H,1-3H2,(H2,6,7,8);1-3H3/q;+1/p-1. The maximum Gasteiger partial charge on any atom is 0.146 e. The molecule has 0 aliphatic heterocycles. The average Bonchev–Trinajstić information content (AvgIpc) is 1.93. The fourth-order valence-electron chi connectivity index (χ4n) is 0.338. The number of nitrogens with one attached hydrogen (secondary N) is 1. The third-order valence-electron chi connectivity index (χ3n) is 0.682. The Balaban J connectivity index is 0. The zero-order valence-electron chi connectivity index (χ0n) is 9.00. The number of hydrogen-bond acceptors (Lipinski definition) is 6. The maximum atomic E-state index is 10.2. The van der Waals surface area contributed by atoms with Crippen LogP contribution in [0.1, 0.15) is 0 Å². The summed E-state index contributed by atoms with van der Waals surface area (Å²) in [5.41, 5.74) is 0. The fraction of sp³-hybridized carbons (Fsp3) is 1.00. The summed E-state index contributed by atoms with van der Waals surface area (Å²) in [6, 6.07) is 0. The van der Waals surface area contributed by atoms with Crippen LogP contribution in [0.5, 0.6) is 0 Å². The van der Waals surface area contributed by atoms with E-state index in [9.17, 15) is 13.7 Å². The average molecular weight is 263 g/mol. The highest BCUT2D eigenvalue weighted by Crippen LogP contribution is 2.25. The Bertz CT molecular complexity index is 228. The summed E-state index contributed by atoms with van der Waals surface area (Å²) >= 11 is 0. The van der Waals surface area contributed by atoms with Crippen molar-refractivity contribution in [3.8, 4) is 0 Å². The quantitative estimate of drug-likeness (QED) is 0.190. The van der Waals surface area contributed by atoms with Crippen molar-refractivity contribution in [3.05, 3.63) is 0 Å². The second kappa shape index (κ2) is 8.35. The van der Waals surface area contributed by atoms with Crippen molar-refractivity contribution in [2.45, 2.75) is 0 Å². The van der Waals surface area contributed by atoms with E-state index in [1.54, 1.807) is 18.8 Å². The van der Waals surface area contributed by atoms with Crippen molar-refractivity contribution in [2.75, 3.05) is 38.2 Å². The van der Waals surface area contributed by atoms with Crippen LogP contribution in [0, 0.1) is 0 Å². The van der Waals surface area contributed by atoms with Gasteiger partial charge in [0, 0.05) is 6.54 Å². The summed E-state index contributed by atoms with van der Waals surface area (Å²) in [5, 5.41) is 10.1. The first-order valence-corrected chi connectivity index (χ1v) is 8.50. The number of hydrogen-bond donors (Lipinski definition) is 3. The van der Waals surface area contributed by atoms with Crippen molar-refractivity contribution < 1.29 is 28.7 Å². The lowest BCUT2D eigenvalue weighted by atomic mass is 10.7. The minimum Gasteiger partial charge on any atom is -0.778 e. The Hall–Kier alpha value is 0.180. The molecule has 15 heavy (non-hydrogen) atoms. The van der Waals surface area contributed by atoms with Gasteiger partial charge in [-0.05, 0) is 0 Å². The van der Waals surface area contributed by atoms with E-state index in [1.807, 2.05) is 0 Å². The van der Waals surface area contributed by atoms with Crippen molar-refractivity contribution in [1.82, 2.24) is 5.32 Å².